The summed E-state index contributed by atoms with van der Waals surface area (Å²) >= 11 is 0. The Balaban J connectivity index is 1.44. The topological polar surface area (TPSA) is 68.2 Å². The number of benzene rings is 2. The maximum atomic E-state index is 5.51. The van der Waals surface area contributed by atoms with Crippen molar-refractivity contribution in [3.05, 3.63) is 59.7 Å². The summed E-state index contributed by atoms with van der Waals surface area (Å²) in [5.74, 6) is 1.87. The summed E-state index contributed by atoms with van der Waals surface area (Å²) in [5, 5.41) is 6.72. The van der Waals surface area contributed by atoms with Crippen LogP contribution in [-0.4, -0.2) is 28.1 Å². The van der Waals surface area contributed by atoms with Crippen molar-refractivity contribution in [3.8, 4) is 0 Å². The standard InChI is InChI=1S/C19H22N4O/c20-12-19-21-18(22-24-19)13-23-10-8-15(9-11-23)17-7-3-5-14-4-1-2-6-16(14)17/h1-7,15H,8-13,20H2. The van der Waals surface area contributed by atoms with E-state index in [9.17, 15) is 0 Å². The minimum atomic E-state index is 0.302. The number of piperidine rings is 1. The average Bonchev–Trinajstić information content (AvgIpc) is 3.09. The van der Waals surface area contributed by atoms with Gasteiger partial charge in [0.05, 0.1) is 13.1 Å². The van der Waals surface area contributed by atoms with E-state index in [0.717, 1.165) is 38.3 Å². The first-order valence-corrected chi connectivity index (χ1v) is 8.55. The first-order valence-electron chi connectivity index (χ1n) is 8.55. The van der Waals surface area contributed by atoms with Gasteiger partial charge in [0.2, 0.25) is 5.89 Å². The fourth-order valence-electron chi connectivity index (χ4n) is 3.65. The normalized spacial score (nSPS) is 16.7. The summed E-state index contributed by atoms with van der Waals surface area (Å²) in [7, 11) is 0. The summed E-state index contributed by atoms with van der Waals surface area (Å²) in [5.41, 5.74) is 7.00. The predicted octanol–water partition coefficient (Wildman–Crippen LogP) is 3.06. The molecule has 0 atom stereocenters. The molecule has 2 aromatic carbocycles. The van der Waals surface area contributed by atoms with E-state index in [0.29, 0.717) is 18.4 Å². The number of fused-ring (bicyclic) bond motifs is 1. The number of hydrogen-bond donors (Lipinski definition) is 1. The second-order valence-electron chi connectivity index (χ2n) is 6.43. The van der Waals surface area contributed by atoms with Gasteiger partial charge in [0.15, 0.2) is 5.82 Å². The van der Waals surface area contributed by atoms with Gasteiger partial charge in [0.25, 0.3) is 0 Å². The summed E-state index contributed by atoms with van der Waals surface area (Å²) in [6, 6.07) is 15.3. The number of hydrogen-bond acceptors (Lipinski definition) is 5. The van der Waals surface area contributed by atoms with Crippen LogP contribution in [0.25, 0.3) is 10.8 Å². The molecule has 5 heteroatoms. The lowest BCUT2D eigenvalue weighted by Crippen LogP contribution is -2.32. The summed E-state index contributed by atoms with van der Waals surface area (Å²) in [6.45, 7) is 3.16. The number of likely N-dealkylation sites (tertiary alicyclic amines) is 1. The van der Waals surface area contributed by atoms with E-state index in [1.54, 1.807) is 0 Å². The third kappa shape index (κ3) is 3.05. The van der Waals surface area contributed by atoms with E-state index in [2.05, 4.69) is 57.5 Å². The zero-order valence-electron chi connectivity index (χ0n) is 13.7. The van der Waals surface area contributed by atoms with Crippen molar-refractivity contribution >= 4 is 10.8 Å². The zero-order valence-corrected chi connectivity index (χ0v) is 13.7. The molecule has 1 fully saturated rings. The summed E-state index contributed by atoms with van der Waals surface area (Å²) in [6.07, 6.45) is 2.32. The van der Waals surface area contributed by atoms with Crippen LogP contribution >= 0.6 is 0 Å². The molecule has 4 rings (SSSR count). The number of nitrogens with two attached hydrogens (primary N) is 1. The van der Waals surface area contributed by atoms with Crippen molar-refractivity contribution in [2.45, 2.75) is 31.8 Å². The largest absolute Gasteiger partial charge is 0.338 e. The predicted molar refractivity (Wildman–Crippen MR) is 93.4 cm³/mol. The van der Waals surface area contributed by atoms with Gasteiger partial charge >= 0.3 is 0 Å². The van der Waals surface area contributed by atoms with E-state index in [-0.39, 0.29) is 0 Å². The Morgan fingerprint density at radius 1 is 1.08 bits per heavy atom. The van der Waals surface area contributed by atoms with E-state index in [1.165, 1.54) is 16.3 Å². The molecule has 0 unspecified atom stereocenters. The molecule has 0 saturated carbocycles. The lowest BCUT2D eigenvalue weighted by atomic mass is 9.86. The van der Waals surface area contributed by atoms with Gasteiger partial charge in [0, 0.05) is 0 Å². The third-order valence-electron chi connectivity index (χ3n) is 4.90. The van der Waals surface area contributed by atoms with Crippen molar-refractivity contribution in [2.75, 3.05) is 13.1 Å². The number of nitrogens with zero attached hydrogens (tertiary/aromatic N) is 3. The van der Waals surface area contributed by atoms with Crippen LogP contribution in [0.1, 0.15) is 36.0 Å². The van der Waals surface area contributed by atoms with Gasteiger partial charge < -0.3 is 10.3 Å². The highest BCUT2D eigenvalue weighted by atomic mass is 16.5. The molecule has 1 aliphatic heterocycles. The maximum absolute atomic E-state index is 5.51. The fraction of sp³-hybridized carbons (Fsp3) is 0.368. The lowest BCUT2D eigenvalue weighted by Gasteiger charge is -2.31. The Hall–Kier alpha value is -2.24. The second-order valence-corrected chi connectivity index (χ2v) is 6.43. The van der Waals surface area contributed by atoms with Crippen LogP contribution in [0, 0.1) is 0 Å². The van der Waals surface area contributed by atoms with Crippen molar-refractivity contribution < 1.29 is 4.52 Å². The molecule has 0 radical (unpaired) electrons. The quantitative estimate of drug-likeness (QED) is 0.799. The molecule has 5 nitrogen and oxygen atoms in total. The van der Waals surface area contributed by atoms with Crippen molar-refractivity contribution in [3.63, 3.8) is 0 Å². The Morgan fingerprint density at radius 2 is 1.88 bits per heavy atom. The molecule has 0 bridgehead atoms. The molecular weight excluding hydrogens is 300 g/mol. The Bertz CT molecular complexity index is 816. The molecule has 1 saturated heterocycles. The molecule has 0 spiro atoms. The average molecular weight is 322 g/mol. The minimum Gasteiger partial charge on any atom is -0.338 e. The van der Waals surface area contributed by atoms with E-state index >= 15 is 0 Å². The summed E-state index contributed by atoms with van der Waals surface area (Å²) in [4.78, 5) is 6.69. The van der Waals surface area contributed by atoms with Gasteiger partial charge in [-0.1, -0.05) is 47.6 Å². The maximum Gasteiger partial charge on any atom is 0.240 e. The molecule has 1 aromatic heterocycles. The highest BCUT2D eigenvalue weighted by Gasteiger charge is 2.23. The third-order valence-corrected chi connectivity index (χ3v) is 4.90. The minimum absolute atomic E-state index is 0.302. The van der Waals surface area contributed by atoms with Crippen molar-refractivity contribution in [1.29, 1.82) is 0 Å². The van der Waals surface area contributed by atoms with Gasteiger partial charge in [-0.3, -0.25) is 4.90 Å². The second kappa shape index (κ2) is 6.71. The van der Waals surface area contributed by atoms with Crippen molar-refractivity contribution in [1.82, 2.24) is 15.0 Å². The monoisotopic (exact) mass is 322 g/mol. The lowest BCUT2D eigenvalue weighted by molar-refractivity contribution is 0.198. The van der Waals surface area contributed by atoms with E-state index in [4.69, 9.17) is 10.3 Å². The highest BCUT2D eigenvalue weighted by molar-refractivity contribution is 5.86. The van der Waals surface area contributed by atoms with Gasteiger partial charge in [-0.2, -0.15) is 4.98 Å². The molecule has 3 aromatic rings. The van der Waals surface area contributed by atoms with Crippen LogP contribution in [0.2, 0.25) is 0 Å². The number of aromatic nitrogens is 2. The highest BCUT2D eigenvalue weighted by Crippen LogP contribution is 2.33. The molecule has 1 aliphatic rings. The fourth-order valence-corrected chi connectivity index (χ4v) is 3.65. The van der Waals surface area contributed by atoms with Crippen LogP contribution in [-0.2, 0) is 13.1 Å². The Labute approximate surface area is 141 Å². The van der Waals surface area contributed by atoms with Gasteiger partial charge in [-0.05, 0) is 48.2 Å². The van der Waals surface area contributed by atoms with Gasteiger partial charge in [0.1, 0.15) is 0 Å². The Morgan fingerprint density at radius 3 is 2.67 bits per heavy atom. The molecule has 2 N–H and O–H groups in total. The van der Waals surface area contributed by atoms with Gasteiger partial charge in [-0.15, -0.1) is 0 Å². The number of rotatable bonds is 4. The van der Waals surface area contributed by atoms with Crippen molar-refractivity contribution in [2.24, 2.45) is 5.73 Å². The van der Waals surface area contributed by atoms with E-state index in [1.807, 2.05) is 0 Å². The molecule has 24 heavy (non-hydrogen) atoms. The Kier molecular flexibility index (Phi) is 4.28. The summed E-state index contributed by atoms with van der Waals surface area (Å²) < 4.78 is 5.08. The molecule has 124 valence electrons. The molecule has 0 aliphatic carbocycles. The van der Waals surface area contributed by atoms with E-state index < -0.39 is 0 Å². The molecule has 0 amide bonds. The molecular formula is C19H22N4O. The zero-order chi connectivity index (χ0) is 16.4. The smallest absolute Gasteiger partial charge is 0.240 e. The molecule has 2 heterocycles. The van der Waals surface area contributed by atoms with Crippen LogP contribution in [0.5, 0.6) is 0 Å². The van der Waals surface area contributed by atoms with Crippen LogP contribution < -0.4 is 5.73 Å². The van der Waals surface area contributed by atoms with Crippen LogP contribution in [0.3, 0.4) is 0 Å². The first-order chi connectivity index (χ1) is 11.8. The van der Waals surface area contributed by atoms with Crippen LogP contribution in [0.4, 0.5) is 0 Å². The SMILES string of the molecule is NCc1nc(CN2CCC(c3cccc4ccccc34)CC2)no1. The van der Waals surface area contributed by atoms with Gasteiger partial charge in [-0.25, -0.2) is 0 Å². The first kappa shape index (κ1) is 15.3. The van der Waals surface area contributed by atoms with Crippen LogP contribution in [0.15, 0.2) is 47.0 Å².